The molecule has 0 bridgehead atoms. The zero-order chi connectivity index (χ0) is 8.57. The van der Waals surface area contributed by atoms with Gasteiger partial charge in [-0.15, -0.1) is 0 Å². The summed E-state index contributed by atoms with van der Waals surface area (Å²) >= 11 is 0. The number of aliphatic carboxylic acids is 1. The third kappa shape index (κ3) is 26.4. The van der Waals surface area contributed by atoms with Crippen LogP contribution in [0, 0.1) is 0 Å². The molecule has 5 nitrogen and oxygen atoms in total. The largest absolute Gasteiger partial charge is 0.480 e. The maximum Gasteiger partial charge on any atom is 0.329 e. The first-order valence-electron chi connectivity index (χ1n) is 2.65. The number of hydrogen-bond acceptors (Lipinski definition) is 4. The van der Waals surface area contributed by atoms with E-state index in [-0.39, 0.29) is 6.23 Å². The highest BCUT2D eigenvalue weighted by molar-refractivity contribution is 5.67. The lowest BCUT2D eigenvalue weighted by Crippen LogP contribution is -2.15. The molecule has 5 heteroatoms. The van der Waals surface area contributed by atoms with Crippen LogP contribution in [0.5, 0.6) is 0 Å². The molecule has 0 heterocycles. The van der Waals surface area contributed by atoms with E-state index in [0.717, 1.165) is 0 Å². The van der Waals surface area contributed by atoms with Gasteiger partial charge in [0.05, 0.1) is 0 Å². The number of ether oxygens (including phenoxy) is 1. The fourth-order valence-corrected chi connectivity index (χ4v) is 0. The molecular formula is C5H13NO4. The predicted octanol–water partition coefficient (Wildman–Crippen LogP) is -0.999. The smallest absolute Gasteiger partial charge is 0.329 e. The van der Waals surface area contributed by atoms with Crippen LogP contribution in [0.3, 0.4) is 0 Å². The van der Waals surface area contributed by atoms with Crippen molar-refractivity contribution in [1.29, 1.82) is 0 Å². The molecule has 0 amide bonds. The quantitative estimate of drug-likeness (QED) is 0.440. The molecule has 0 aliphatic heterocycles. The highest BCUT2D eigenvalue weighted by Gasteiger charge is 1.82. The maximum atomic E-state index is 9.12. The van der Waals surface area contributed by atoms with Gasteiger partial charge in [-0.05, 0) is 6.92 Å². The van der Waals surface area contributed by atoms with Gasteiger partial charge < -0.3 is 20.7 Å². The summed E-state index contributed by atoms with van der Waals surface area (Å²) in [6.07, 6.45) is -0.116. The summed E-state index contributed by atoms with van der Waals surface area (Å²) in [6.45, 7) is 1.00. The van der Waals surface area contributed by atoms with Gasteiger partial charge in [-0.3, -0.25) is 0 Å². The summed E-state index contributed by atoms with van der Waals surface area (Å²) < 4.78 is 4.53. The van der Waals surface area contributed by atoms with Crippen LogP contribution in [0.1, 0.15) is 6.92 Å². The van der Waals surface area contributed by atoms with E-state index < -0.39 is 12.6 Å². The number of nitrogens with two attached hydrogens (primary N) is 1. The van der Waals surface area contributed by atoms with Crippen molar-refractivity contribution in [2.75, 3.05) is 13.7 Å². The molecule has 0 saturated carbocycles. The van der Waals surface area contributed by atoms with Crippen LogP contribution in [0.4, 0.5) is 0 Å². The molecule has 0 aromatic rings. The third-order valence-corrected chi connectivity index (χ3v) is 0.507. The molecule has 0 saturated heterocycles. The van der Waals surface area contributed by atoms with Gasteiger partial charge in [-0.2, -0.15) is 0 Å². The molecule has 0 aliphatic carbocycles. The summed E-state index contributed by atoms with van der Waals surface area (Å²) in [5.41, 5.74) is 5.07. The Kier molecular flexibility index (Phi) is 10.1. The minimum atomic E-state index is -1.19. The van der Waals surface area contributed by atoms with Crippen molar-refractivity contribution in [3.8, 4) is 0 Å². The molecule has 1 unspecified atom stereocenters. The van der Waals surface area contributed by atoms with Crippen LogP contribution in [-0.2, 0) is 9.53 Å². The van der Waals surface area contributed by atoms with Crippen LogP contribution in [-0.4, -0.2) is 36.1 Å². The second kappa shape index (κ2) is 8.35. The van der Waals surface area contributed by atoms with Gasteiger partial charge in [0, 0.05) is 7.11 Å². The summed E-state index contributed by atoms with van der Waals surface area (Å²) in [5, 5.41) is 15.0. The number of carboxylic acid groups (broad SMARTS) is 1. The molecule has 1 atom stereocenters. The lowest BCUT2D eigenvalue weighted by atomic mass is 10.7. The van der Waals surface area contributed by atoms with E-state index >= 15 is 0 Å². The molecule has 0 aliphatic rings. The molecule has 0 aromatic carbocycles. The van der Waals surface area contributed by atoms with Crippen molar-refractivity contribution >= 4 is 5.97 Å². The monoisotopic (exact) mass is 151 g/mol. The lowest BCUT2D eigenvalue weighted by molar-refractivity contribution is -0.140. The van der Waals surface area contributed by atoms with Crippen molar-refractivity contribution in [3.63, 3.8) is 0 Å². The van der Waals surface area contributed by atoms with Gasteiger partial charge in [0.1, 0.15) is 12.8 Å². The number of aliphatic hydroxyl groups is 1. The standard InChI is InChI=1S/C3H9NO.C2H4O3/c1-3(4)5-2;3-1-2(4)5/h3H,4H2,1-2H3;3H,1H2,(H,4,5). The van der Waals surface area contributed by atoms with Crippen LogP contribution in [0.25, 0.3) is 0 Å². The number of hydrogen-bond donors (Lipinski definition) is 3. The minimum Gasteiger partial charge on any atom is -0.480 e. The SMILES string of the molecule is COC(C)N.O=C(O)CO. The molecule has 0 fully saturated rings. The zero-order valence-corrected chi connectivity index (χ0v) is 6.07. The Morgan fingerprint density at radius 2 is 2.00 bits per heavy atom. The summed E-state index contributed by atoms with van der Waals surface area (Å²) in [6, 6.07) is 0. The first-order chi connectivity index (χ1) is 4.54. The fourth-order valence-electron chi connectivity index (χ4n) is 0. The molecule has 0 aromatic heterocycles. The maximum absolute atomic E-state index is 9.12. The number of carbonyl (C=O) groups is 1. The topological polar surface area (TPSA) is 92.8 Å². The van der Waals surface area contributed by atoms with E-state index in [1.165, 1.54) is 0 Å². The molecule has 0 spiro atoms. The lowest BCUT2D eigenvalue weighted by Gasteiger charge is -1.95. The number of carboxylic acids is 1. The van der Waals surface area contributed by atoms with Crippen molar-refractivity contribution in [2.24, 2.45) is 5.73 Å². The number of methoxy groups -OCH3 is 1. The highest BCUT2D eigenvalue weighted by Crippen LogP contribution is 1.66. The van der Waals surface area contributed by atoms with Crippen molar-refractivity contribution < 1.29 is 19.7 Å². The Morgan fingerprint density at radius 1 is 1.80 bits per heavy atom. The fraction of sp³-hybridized carbons (Fsp3) is 0.800. The van der Waals surface area contributed by atoms with E-state index in [9.17, 15) is 0 Å². The van der Waals surface area contributed by atoms with Gasteiger partial charge in [0.2, 0.25) is 0 Å². The Bertz CT molecular complexity index is 83.7. The Hall–Kier alpha value is -0.650. The van der Waals surface area contributed by atoms with Crippen molar-refractivity contribution in [3.05, 3.63) is 0 Å². The summed E-state index contributed by atoms with van der Waals surface area (Å²) in [7, 11) is 1.57. The van der Waals surface area contributed by atoms with Gasteiger partial charge in [-0.1, -0.05) is 0 Å². The molecule has 62 valence electrons. The highest BCUT2D eigenvalue weighted by atomic mass is 16.5. The average Bonchev–Trinajstić information content (AvgIpc) is 1.89. The Labute approximate surface area is 59.4 Å². The second-order valence-corrected chi connectivity index (χ2v) is 1.49. The predicted molar refractivity (Wildman–Crippen MR) is 35.4 cm³/mol. The average molecular weight is 151 g/mol. The van der Waals surface area contributed by atoms with Gasteiger partial charge >= 0.3 is 5.97 Å². The summed E-state index contributed by atoms with van der Waals surface area (Å²) in [4.78, 5) is 9.12. The van der Waals surface area contributed by atoms with Crippen molar-refractivity contribution in [1.82, 2.24) is 0 Å². The van der Waals surface area contributed by atoms with E-state index in [0.29, 0.717) is 0 Å². The Morgan fingerprint density at radius 3 is 2.00 bits per heavy atom. The van der Waals surface area contributed by atoms with Crippen LogP contribution in [0.15, 0.2) is 0 Å². The van der Waals surface area contributed by atoms with Crippen LogP contribution >= 0.6 is 0 Å². The first kappa shape index (κ1) is 12.1. The van der Waals surface area contributed by atoms with Gasteiger partial charge in [0.15, 0.2) is 0 Å². The molecule has 0 radical (unpaired) electrons. The first-order valence-corrected chi connectivity index (χ1v) is 2.65. The van der Waals surface area contributed by atoms with Crippen LogP contribution in [0.2, 0.25) is 0 Å². The number of rotatable bonds is 2. The normalized spacial score (nSPS) is 11.2. The molecule has 4 N–H and O–H groups in total. The Balaban J connectivity index is 0. The second-order valence-electron chi connectivity index (χ2n) is 1.49. The van der Waals surface area contributed by atoms with E-state index in [4.69, 9.17) is 20.7 Å². The van der Waals surface area contributed by atoms with Crippen molar-refractivity contribution in [2.45, 2.75) is 13.2 Å². The molecule has 0 rings (SSSR count). The third-order valence-electron chi connectivity index (χ3n) is 0.507. The number of aliphatic hydroxyl groups excluding tert-OH is 1. The van der Waals surface area contributed by atoms with Crippen LogP contribution < -0.4 is 5.73 Å². The zero-order valence-electron chi connectivity index (χ0n) is 6.07. The van der Waals surface area contributed by atoms with E-state index in [1.54, 1.807) is 14.0 Å². The summed E-state index contributed by atoms with van der Waals surface area (Å²) in [5.74, 6) is -1.19. The molecular weight excluding hydrogens is 138 g/mol. The van der Waals surface area contributed by atoms with Gasteiger partial charge in [-0.25, -0.2) is 4.79 Å². The van der Waals surface area contributed by atoms with Gasteiger partial charge in [0.25, 0.3) is 0 Å². The van der Waals surface area contributed by atoms with E-state index in [1.807, 2.05) is 0 Å². The molecule has 10 heavy (non-hydrogen) atoms. The minimum absolute atomic E-state index is 0.116. The van der Waals surface area contributed by atoms with E-state index in [2.05, 4.69) is 4.74 Å².